The number of nitrogens with zero attached hydrogens (tertiary/aromatic N) is 5. The first-order valence-electron chi connectivity index (χ1n) is 8.49. The second-order valence-corrected chi connectivity index (χ2v) is 6.34. The van der Waals surface area contributed by atoms with E-state index in [-0.39, 0.29) is 18.4 Å². The number of carbonyl (C=O) groups excluding carboxylic acids is 2. The molecule has 0 radical (unpaired) electrons. The molecule has 1 aliphatic rings. The Balaban J connectivity index is 1.50. The molecule has 2 aromatic heterocycles. The molecule has 7 heteroatoms. The van der Waals surface area contributed by atoms with Gasteiger partial charge in [0, 0.05) is 43.8 Å². The van der Waals surface area contributed by atoms with E-state index >= 15 is 0 Å². The minimum absolute atomic E-state index is 0.0445. The van der Waals surface area contributed by atoms with Crippen molar-refractivity contribution in [1.82, 2.24) is 24.6 Å². The topological polar surface area (TPSA) is 71.3 Å². The van der Waals surface area contributed by atoms with Gasteiger partial charge in [-0.15, -0.1) is 0 Å². The van der Waals surface area contributed by atoms with E-state index in [9.17, 15) is 9.59 Å². The molecule has 2 amide bonds. The second-order valence-electron chi connectivity index (χ2n) is 6.34. The zero-order valence-electron chi connectivity index (χ0n) is 14.7. The molecule has 0 unspecified atom stereocenters. The smallest absolute Gasteiger partial charge is 0.244 e. The van der Waals surface area contributed by atoms with Crippen LogP contribution in [0.1, 0.15) is 17.1 Å². The Labute approximate surface area is 147 Å². The average Bonchev–Trinajstić information content (AvgIpc) is 2.93. The number of amides is 2. The summed E-state index contributed by atoms with van der Waals surface area (Å²) in [5.41, 5.74) is 2.67. The fourth-order valence-corrected chi connectivity index (χ4v) is 3.04. The number of aryl methyl sites for hydroxylation is 2. The molecule has 0 aliphatic carbocycles. The summed E-state index contributed by atoms with van der Waals surface area (Å²) in [6, 6.07) is 7.53. The molecule has 1 aliphatic heterocycles. The number of hydrogen-bond donors (Lipinski definition) is 0. The van der Waals surface area contributed by atoms with E-state index in [0.717, 1.165) is 17.1 Å². The highest BCUT2D eigenvalue weighted by Crippen LogP contribution is 2.08. The standard InChI is InChI=1S/C18H23N5O2/c1-14-11-15(2)23(20-14)13-18(25)22-9-7-21(8-10-22)17(24)12-16-5-3-4-6-19-16/h3-6,11H,7-10,12-13H2,1-2H3. The van der Waals surface area contributed by atoms with Crippen LogP contribution in [0.3, 0.4) is 0 Å². The van der Waals surface area contributed by atoms with Crippen LogP contribution in [0.25, 0.3) is 0 Å². The summed E-state index contributed by atoms with van der Waals surface area (Å²) in [6.45, 7) is 6.37. The van der Waals surface area contributed by atoms with Gasteiger partial charge in [0.1, 0.15) is 6.54 Å². The van der Waals surface area contributed by atoms with Crippen LogP contribution >= 0.6 is 0 Å². The van der Waals surface area contributed by atoms with Crippen LogP contribution in [0.4, 0.5) is 0 Å². The van der Waals surface area contributed by atoms with Gasteiger partial charge in [0.2, 0.25) is 11.8 Å². The fourth-order valence-electron chi connectivity index (χ4n) is 3.04. The van der Waals surface area contributed by atoms with Crippen LogP contribution in [-0.4, -0.2) is 62.6 Å². The summed E-state index contributed by atoms with van der Waals surface area (Å²) in [5.74, 6) is 0.104. The van der Waals surface area contributed by atoms with Gasteiger partial charge in [-0.05, 0) is 32.0 Å². The van der Waals surface area contributed by atoms with Crippen molar-refractivity contribution in [2.45, 2.75) is 26.8 Å². The van der Waals surface area contributed by atoms with Crippen LogP contribution < -0.4 is 0 Å². The molecule has 1 saturated heterocycles. The third-order valence-electron chi connectivity index (χ3n) is 4.43. The number of hydrogen-bond acceptors (Lipinski definition) is 4. The summed E-state index contributed by atoms with van der Waals surface area (Å²) >= 11 is 0. The monoisotopic (exact) mass is 341 g/mol. The minimum atomic E-state index is 0.0445. The van der Waals surface area contributed by atoms with Gasteiger partial charge in [0.25, 0.3) is 0 Å². The highest BCUT2D eigenvalue weighted by molar-refractivity contribution is 5.79. The van der Waals surface area contributed by atoms with Gasteiger partial charge < -0.3 is 9.80 Å². The Hall–Kier alpha value is -2.70. The Morgan fingerprint density at radius 3 is 2.28 bits per heavy atom. The van der Waals surface area contributed by atoms with Crippen molar-refractivity contribution >= 4 is 11.8 Å². The molecule has 0 bridgehead atoms. The first kappa shape index (κ1) is 17.1. The van der Waals surface area contributed by atoms with Gasteiger partial charge in [0.05, 0.1) is 12.1 Å². The van der Waals surface area contributed by atoms with Crippen molar-refractivity contribution in [3.63, 3.8) is 0 Å². The maximum Gasteiger partial charge on any atom is 0.244 e. The number of aromatic nitrogens is 3. The lowest BCUT2D eigenvalue weighted by molar-refractivity contribution is -0.139. The predicted octanol–water partition coefficient (Wildman–Crippen LogP) is 0.808. The van der Waals surface area contributed by atoms with Crippen molar-refractivity contribution in [2.75, 3.05) is 26.2 Å². The normalized spacial score (nSPS) is 14.6. The molecular weight excluding hydrogens is 318 g/mol. The predicted molar refractivity (Wildman–Crippen MR) is 92.8 cm³/mol. The third kappa shape index (κ3) is 4.23. The number of piperazine rings is 1. The largest absolute Gasteiger partial charge is 0.339 e. The van der Waals surface area contributed by atoms with E-state index in [2.05, 4.69) is 10.1 Å². The minimum Gasteiger partial charge on any atom is -0.339 e. The Bertz CT molecular complexity index is 748. The second kappa shape index (κ2) is 7.46. The van der Waals surface area contributed by atoms with E-state index in [1.807, 2.05) is 43.0 Å². The lowest BCUT2D eigenvalue weighted by Crippen LogP contribution is -2.51. The summed E-state index contributed by atoms with van der Waals surface area (Å²) in [6.07, 6.45) is 2.00. The van der Waals surface area contributed by atoms with Crippen LogP contribution in [0.2, 0.25) is 0 Å². The molecule has 0 N–H and O–H groups in total. The molecule has 0 saturated carbocycles. The number of carbonyl (C=O) groups is 2. The maximum absolute atomic E-state index is 12.4. The summed E-state index contributed by atoms with van der Waals surface area (Å²) < 4.78 is 1.73. The Morgan fingerprint density at radius 2 is 1.72 bits per heavy atom. The molecule has 0 spiro atoms. The van der Waals surface area contributed by atoms with Gasteiger partial charge >= 0.3 is 0 Å². The molecule has 132 valence electrons. The number of pyridine rings is 1. The molecule has 25 heavy (non-hydrogen) atoms. The van der Waals surface area contributed by atoms with Gasteiger partial charge in [-0.1, -0.05) is 6.07 Å². The fraction of sp³-hybridized carbons (Fsp3) is 0.444. The molecule has 0 aromatic carbocycles. The van der Waals surface area contributed by atoms with Gasteiger partial charge in [-0.25, -0.2) is 0 Å². The lowest BCUT2D eigenvalue weighted by Gasteiger charge is -2.34. The van der Waals surface area contributed by atoms with Crippen LogP contribution in [0.5, 0.6) is 0 Å². The molecular formula is C18H23N5O2. The van der Waals surface area contributed by atoms with Crippen molar-refractivity contribution in [2.24, 2.45) is 0 Å². The first-order chi connectivity index (χ1) is 12.0. The Kier molecular flexibility index (Phi) is 5.11. The molecule has 0 atom stereocenters. The zero-order chi connectivity index (χ0) is 17.8. The summed E-state index contributed by atoms with van der Waals surface area (Å²) in [4.78, 5) is 32.6. The number of rotatable bonds is 4. The first-order valence-corrected chi connectivity index (χ1v) is 8.49. The van der Waals surface area contributed by atoms with Crippen LogP contribution in [-0.2, 0) is 22.6 Å². The molecule has 7 nitrogen and oxygen atoms in total. The van der Waals surface area contributed by atoms with Crippen molar-refractivity contribution in [3.8, 4) is 0 Å². The SMILES string of the molecule is Cc1cc(C)n(CC(=O)N2CCN(C(=O)Cc3ccccn3)CC2)n1. The Morgan fingerprint density at radius 1 is 1.04 bits per heavy atom. The summed E-state index contributed by atoms with van der Waals surface area (Å²) in [5, 5.41) is 4.33. The van der Waals surface area contributed by atoms with E-state index in [4.69, 9.17) is 0 Å². The van der Waals surface area contributed by atoms with Crippen LogP contribution in [0, 0.1) is 13.8 Å². The van der Waals surface area contributed by atoms with E-state index in [1.54, 1.807) is 15.8 Å². The van der Waals surface area contributed by atoms with E-state index in [1.165, 1.54) is 0 Å². The third-order valence-corrected chi connectivity index (χ3v) is 4.43. The van der Waals surface area contributed by atoms with Crippen molar-refractivity contribution in [3.05, 3.63) is 47.5 Å². The van der Waals surface area contributed by atoms with Crippen molar-refractivity contribution in [1.29, 1.82) is 0 Å². The molecule has 3 rings (SSSR count). The molecule has 1 fully saturated rings. The van der Waals surface area contributed by atoms with Gasteiger partial charge in [-0.3, -0.25) is 19.3 Å². The highest BCUT2D eigenvalue weighted by atomic mass is 16.2. The highest BCUT2D eigenvalue weighted by Gasteiger charge is 2.24. The zero-order valence-corrected chi connectivity index (χ0v) is 14.7. The van der Waals surface area contributed by atoms with Gasteiger partial charge in [0.15, 0.2) is 0 Å². The van der Waals surface area contributed by atoms with Crippen LogP contribution in [0.15, 0.2) is 30.5 Å². The lowest BCUT2D eigenvalue weighted by atomic mass is 10.2. The van der Waals surface area contributed by atoms with E-state index in [0.29, 0.717) is 32.6 Å². The quantitative estimate of drug-likeness (QED) is 0.825. The molecule has 2 aromatic rings. The van der Waals surface area contributed by atoms with Crippen molar-refractivity contribution < 1.29 is 9.59 Å². The van der Waals surface area contributed by atoms with E-state index < -0.39 is 0 Å². The molecule has 3 heterocycles. The van der Waals surface area contributed by atoms with Gasteiger partial charge in [-0.2, -0.15) is 5.10 Å². The maximum atomic E-state index is 12.4. The summed E-state index contributed by atoms with van der Waals surface area (Å²) in [7, 11) is 0. The average molecular weight is 341 g/mol.